The molecular weight excluding hydrogens is 548 g/mol. The van der Waals surface area contributed by atoms with E-state index in [1.807, 2.05) is 0 Å². The molecule has 0 aromatic heterocycles. The van der Waals surface area contributed by atoms with Crippen LogP contribution < -0.4 is 9.47 Å². The van der Waals surface area contributed by atoms with Crippen molar-refractivity contribution in [3.8, 4) is 11.5 Å². The lowest BCUT2D eigenvalue weighted by Crippen LogP contribution is -2.50. The number of nitrogens with zero attached hydrogens (tertiary/aromatic N) is 2. The van der Waals surface area contributed by atoms with Crippen LogP contribution in [0.15, 0.2) is 24.3 Å². The van der Waals surface area contributed by atoms with Crippen molar-refractivity contribution in [2.45, 2.75) is 142 Å². The van der Waals surface area contributed by atoms with Gasteiger partial charge < -0.3 is 19.7 Å². The first-order valence-electron chi connectivity index (χ1n) is 17.3. The molecule has 2 heterocycles. The van der Waals surface area contributed by atoms with Gasteiger partial charge in [-0.25, -0.2) is 0 Å². The smallest absolute Gasteiger partial charge is 0.142 e. The maximum absolute atomic E-state index is 10.1. The zero-order valence-electron chi connectivity index (χ0n) is 28.4. The summed E-state index contributed by atoms with van der Waals surface area (Å²) in [6.07, 6.45) is 14.0. The topological polar surface area (TPSA) is 65.4 Å². The first-order chi connectivity index (χ1) is 21.0. The summed E-state index contributed by atoms with van der Waals surface area (Å²) in [7, 11) is 0. The third-order valence-corrected chi connectivity index (χ3v) is 11.0. The maximum Gasteiger partial charge on any atom is 0.142 e. The van der Waals surface area contributed by atoms with Crippen LogP contribution in [0.4, 0.5) is 0 Å². The predicted molar refractivity (Wildman–Crippen MR) is 178 cm³/mol. The lowest BCUT2D eigenvalue weighted by atomic mass is 9.66. The van der Waals surface area contributed by atoms with E-state index in [0.29, 0.717) is 13.5 Å². The Hall–Kier alpha value is -2.12. The Morgan fingerprint density at radius 3 is 1.34 bits per heavy atom. The predicted octanol–water partition coefficient (Wildman–Crippen LogP) is 7.74. The first-order valence-corrected chi connectivity index (χ1v) is 17.3. The number of hydrogen-bond acceptors (Lipinski definition) is 6. The van der Waals surface area contributed by atoms with Gasteiger partial charge in [-0.15, -0.1) is 0 Å². The fraction of sp³-hybridized carbons (Fsp3) is 0.684. The van der Waals surface area contributed by atoms with Crippen LogP contribution >= 0.6 is 0 Å². The SMILES string of the molecule is Cc1cc(C2(c3cc(C)c4c(c3)CN(C(C)(C)CO)CO4)CCCCCCCCCCC2)cc2c1OCN(C(C)(C)CO)C2. The number of ether oxygens (including phenoxy) is 2. The normalized spacial score (nSPS) is 20.8. The van der Waals surface area contributed by atoms with Crippen LogP contribution in [0.3, 0.4) is 0 Å². The van der Waals surface area contributed by atoms with Gasteiger partial charge in [0.1, 0.15) is 25.0 Å². The van der Waals surface area contributed by atoms with Crippen LogP contribution in [0.1, 0.15) is 132 Å². The summed E-state index contributed by atoms with van der Waals surface area (Å²) < 4.78 is 12.7. The number of aliphatic hydroxyl groups is 2. The molecule has 0 atom stereocenters. The van der Waals surface area contributed by atoms with E-state index in [0.717, 1.165) is 37.4 Å². The van der Waals surface area contributed by atoms with E-state index in [2.05, 4.69) is 75.6 Å². The van der Waals surface area contributed by atoms with E-state index in [-0.39, 0.29) is 29.7 Å². The van der Waals surface area contributed by atoms with Gasteiger partial charge in [-0.2, -0.15) is 0 Å². The highest BCUT2D eigenvalue weighted by Crippen LogP contribution is 2.47. The minimum atomic E-state index is -0.351. The zero-order chi connectivity index (χ0) is 31.5. The van der Waals surface area contributed by atoms with Gasteiger partial charge in [0.25, 0.3) is 0 Å². The van der Waals surface area contributed by atoms with Crippen LogP contribution in [-0.2, 0) is 18.5 Å². The molecule has 5 rings (SSSR count). The number of fused-ring (bicyclic) bond motifs is 2. The molecule has 2 N–H and O–H groups in total. The molecule has 2 aromatic rings. The summed E-state index contributed by atoms with van der Waals surface area (Å²) in [5.41, 5.74) is 6.87. The van der Waals surface area contributed by atoms with Crippen molar-refractivity contribution in [2.24, 2.45) is 0 Å². The molecule has 1 fully saturated rings. The first kappa shape index (κ1) is 33.2. The quantitative estimate of drug-likeness (QED) is 0.351. The second kappa shape index (κ2) is 13.7. The van der Waals surface area contributed by atoms with Gasteiger partial charge in [0, 0.05) is 40.7 Å². The van der Waals surface area contributed by atoms with E-state index in [9.17, 15) is 10.2 Å². The summed E-state index contributed by atoms with van der Waals surface area (Å²) in [4.78, 5) is 4.51. The molecule has 3 aliphatic rings. The van der Waals surface area contributed by atoms with Gasteiger partial charge in [-0.05, 0) is 88.8 Å². The molecule has 0 amide bonds. The minimum Gasteiger partial charge on any atom is -0.477 e. The van der Waals surface area contributed by atoms with E-state index in [1.54, 1.807) is 0 Å². The Morgan fingerprint density at radius 2 is 0.977 bits per heavy atom. The third kappa shape index (κ3) is 6.84. The molecule has 6 nitrogen and oxygen atoms in total. The van der Waals surface area contributed by atoms with Gasteiger partial charge in [-0.1, -0.05) is 69.9 Å². The van der Waals surface area contributed by atoms with Gasteiger partial charge in [0.05, 0.1) is 13.2 Å². The molecule has 244 valence electrons. The Kier molecular flexibility index (Phi) is 10.4. The Morgan fingerprint density at radius 1 is 0.614 bits per heavy atom. The molecular formula is C38H58N2O4. The molecule has 0 radical (unpaired) electrons. The number of aryl methyl sites for hydroxylation is 2. The molecule has 2 aliphatic heterocycles. The molecule has 6 heteroatoms. The third-order valence-electron chi connectivity index (χ3n) is 11.0. The van der Waals surface area contributed by atoms with Crippen molar-refractivity contribution in [2.75, 3.05) is 26.7 Å². The molecule has 44 heavy (non-hydrogen) atoms. The average molecular weight is 607 g/mol. The fourth-order valence-corrected chi connectivity index (χ4v) is 7.62. The standard InChI is InChI=1S/C38H58N2O4/c1-28-18-32(20-30-22-39(26-43-34(28)30)36(3,4)24-41)38(16-14-12-10-8-7-9-11-13-15-17-38)33-19-29(2)35-31(21-33)23-40(27-44-35)37(5,6)25-42/h18-21,41-42H,7-17,22-27H2,1-6H3. The maximum atomic E-state index is 10.1. The monoisotopic (exact) mass is 606 g/mol. The molecule has 1 saturated carbocycles. The van der Waals surface area contributed by atoms with Crippen molar-refractivity contribution in [1.82, 2.24) is 9.80 Å². The highest BCUT2D eigenvalue weighted by molar-refractivity contribution is 5.54. The second-order valence-corrected chi connectivity index (χ2v) is 15.2. The number of benzene rings is 2. The second-order valence-electron chi connectivity index (χ2n) is 15.2. The molecule has 0 spiro atoms. The molecule has 2 aromatic carbocycles. The largest absolute Gasteiger partial charge is 0.477 e. The van der Waals surface area contributed by atoms with E-state index >= 15 is 0 Å². The molecule has 1 aliphatic carbocycles. The van der Waals surface area contributed by atoms with Crippen molar-refractivity contribution >= 4 is 0 Å². The number of rotatable bonds is 6. The van der Waals surface area contributed by atoms with Crippen molar-refractivity contribution < 1.29 is 19.7 Å². The lowest BCUT2D eigenvalue weighted by molar-refractivity contribution is -0.0171. The van der Waals surface area contributed by atoms with E-state index in [4.69, 9.17) is 9.47 Å². The van der Waals surface area contributed by atoms with Crippen LogP contribution in [-0.4, -0.2) is 57.8 Å². The van der Waals surface area contributed by atoms with Crippen LogP contribution in [0.2, 0.25) is 0 Å². The summed E-state index contributed by atoms with van der Waals surface area (Å²) in [6, 6.07) is 9.73. The molecule has 0 bridgehead atoms. The number of hydrogen-bond donors (Lipinski definition) is 2. The summed E-state index contributed by atoms with van der Waals surface area (Å²) in [6.45, 7) is 15.5. The van der Waals surface area contributed by atoms with E-state index < -0.39 is 0 Å². The molecule has 0 saturated heterocycles. The zero-order valence-corrected chi connectivity index (χ0v) is 28.4. The van der Waals surface area contributed by atoms with Gasteiger partial charge in [-0.3, -0.25) is 9.80 Å². The van der Waals surface area contributed by atoms with Crippen molar-refractivity contribution in [3.63, 3.8) is 0 Å². The van der Waals surface area contributed by atoms with E-state index in [1.165, 1.54) is 91.2 Å². The fourth-order valence-electron chi connectivity index (χ4n) is 7.62. The summed E-state index contributed by atoms with van der Waals surface area (Å²) in [5.74, 6) is 2.03. The Bertz CT molecular complexity index is 1190. The number of aliphatic hydroxyl groups excluding tert-OH is 2. The Labute approximate surface area is 266 Å². The molecule has 0 unspecified atom stereocenters. The van der Waals surface area contributed by atoms with Crippen LogP contribution in [0.5, 0.6) is 11.5 Å². The lowest BCUT2D eigenvalue weighted by Gasteiger charge is -2.43. The summed E-state index contributed by atoms with van der Waals surface area (Å²) >= 11 is 0. The van der Waals surface area contributed by atoms with Crippen molar-refractivity contribution in [3.05, 3.63) is 57.6 Å². The van der Waals surface area contributed by atoms with Crippen LogP contribution in [0.25, 0.3) is 0 Å². The average Bonchev–Trinajstić information content (AvgIpc) is 3.01. The van der Waals surface area contributed by atoms with Crippen LogP contribution in [0, 0.1) is 13.8 Å². The summed E-state index contributed by atoms with van der Waals surface area (Å²) in [5, 5.41) is 20.3. The van der Waals surface area contributed by atoms with Gasteiger partial charge >= 0.3 is 0 Å². The van der Waals surface area contributed by atoms with Crippen molar-refractivity contribution in [1.29, 1.82) is 0 Å². The highest BCUT2D eigenvalue weighted by atomic mass is 16.5. The highest BCUT2D eigenvalue weighted by Gasteiger charge is 2.39. The Balaban J connectivity index is 1.63. The minimum absolute atomic E-state index is 0.0921. The van der Waals surface area contributed by atoms with Gasteiger partial charge in [0.2, 0.25) is 0 Å². The van der Waals surface area contributed by atoms with Gasteiger partial charge in [0.15, 0.2) is 0 Å².